The molecule has 12 heavy (non-hydrogen) atoms. The van der Waals surface area contributed by atoms with Crippen LogP contribution in [-0.4, -0.2) is 5.78 Å². The van der Waals surface area contributed by atoms with E-state index in [9.17, 15) is 4.79 Å². The zero-order chi connectivity index (χ0) is 8.77. The molecule has 2 aliphatic rings. The molecule has 0 saturated heterocycles. The standard InChI is InChI=1S/C11H16O/c1-8-9-4-3-6-11(9,2)7-5-10(8)12/h3-7H2,1-2H3. The van der Waals surface area contributed by atoms with Crippen molar-refractivity contribution in [1.82, 2.24) is 0 Å². The third-order valence-corrected chi connectivity index (χ3v) is 3.66. The molecule has 1 fully saturated rings. The third-order valence-electron chi connectivity index (χ3n) is 3.66. The highest BCUT2D eigenvalue weighted by atomic mass is 16.1. The Bertz CT molecular complexity index is 262. The molecule has 1 saturated carbocycles. The average Bonchev–Trinajstić information content (AvgIpc) is 2.42. The highest BCUT2D eigenvalue weighted by Crippen LogP contribution is 2.50. The molecule has 0 aromatic carbocycles. The molecule has 1 unspecified atom stereocenters. The summed E-state index contributed by atoms with van der Waals surface area (Å²) in [6, 6.07) is 0. The Morgan fingerprint density at radius 1 is 1.25 bits per heavy atom. The van der Waals surface area contributed by atoms with Gasteiger partial charge in [-0.1, -0.05) is 12.5 Å². The number of carbonyl (C=O) groups excluding carboxylic acids is 1. The molecule has 0 aliphatic heterocycles. The van der Waals surface area contributed by atoms with Crippen molar-refractivity contribution >= 4 is 5.78 Å². The van der Waals surface area contributed by atoms with E-state index in [1.165, 1.54) is 24.8 Å². The fourth-order valence-electron chi connectivity index (χ4n) is 2.77. The van der Waals surface area contributed by atoms with Crippen LogP contribution in [-0.2, 0) is 4.79 Å². The number of hydrogen-bond acceptors (Lipinski definition) is 1. The Hall–Kier alpha value is -0.590. The molecule has 0 spiro atoms. The second-order valence-corrected chi connectivity index (χ2v) is 4.44. The van der Waals surface area contributed by atoms with E-state index in [1.807, 2.05) is 6.92 Å². The number of ketones is 1. The topological polar surface area (TPSA) is 17.1 Å². The summed E-state index contributed by atoms with van der Waals surface area (Å²) in [4.78, 5) is 11.4. The van der Waals surface area contributed by atoms with E-state index >= 15 is 0 Å². The molecular formula is C11H16O. The molecular weight excluding hydrogens is 148 g/mol. The summed E-state index contributed by atoms with van der Waals surface area (Å²) in [5, 5.41) is 0. The Kier molecular flexibility index (Phi) is 1.64. The maximum atomic E-state index is 11.4. The molecule has 0 amide bonds. The molecule has 2 aliphatic carbocycles. The van der Waals surface area contributed by atoms with Crippen molar-refractivity contribution < 1.29 is 4.79 Å². The van der Waals surface area contributed by atoms with E-state index in [0.717, 1.165) is 18.4 Å². The normalized spacial score (nSPS) is 35.7. The molecule has 1 nitrogen and oxygen atoms in total. The van der Waals surface area contributed by atoms with Gasteiger partial charge in [0.05, 0.1) is 0 Å². The minimum Gasteiger partial charge on any atom is -0.295 e. The van der Waals surface area contributed by atoms with Gasteiger partial charge in [0.15, 0.2) is 5.78 Å². The molecule has 0 aromatic rings. The summed E-state index contributed by atoms with van der Waals surface area (Å²) in [5.41, 5.74) is 2.96. The first-order valence-electron chi connectivity index (χ1n) is 4.87. The molecule has 2 rings (SSSR count). The molecule has 1 atom stereocenters. The van der Waals surface area contributed by atoms with E-state index in [1.54, 1.807) is 0 Å². The SMILES string of the molecule is CC1=C2CCCC2(C)CCC1=O. The second kappa shape index (κ2) is 2.45. The number of carbonyl (C=O) groups is 1. The third kappa shape index (κ3) is 0.954. The van der Waals surface area contributed by atoms with Crippen molar-refractivity contribution in [1.29, 1.82) is 0 Å². The van der Waals surface area contributed by atoms with Crippen molar-refractivity contribution in [3.63, 3.8) is 0 Å². The first-order valence-corrected chi connectivity index (χ1v) is 4.87. The van der Waals surface area contributed by atoms with Crippen LogP contribution in [0.3, 0.4) is 0 Å². The Labute approximate surface area is 73.8 Å². The van der Waals surface area contributed by atoms with Crippen molar-refractivity contribution in [2.24, 2.45) is 5.41 Å². The number of rotatable bonds is 0. The lowest BCUT2D eigenvalue weighted by molar-refractivity contribution is -0.116. The second-order valence-electron chi connectivity index (χ2n) is 4.44. The monoisotopic (exact) mass is 164 g/mol. The molecule has 0 bridgehead atoms. The Morgan fingerprint density at radius 2 is 2.00 bits per heavy atom. The van der Waals surface area contributed by atoms with Crippen LogP contribution < -0.4 is 0 Å². The first kappa shape index (κ1) is 8.03. The smallest absolute Gasteiger partial charge is 0.158 e. The lowest BCUT2D eigenvalue weighted by atomic mass is 9.73. The van der Waals surface area contributed by atoms with Crippen LogP contribution in [0.5, 0.6) is 0 Å². The van der Waals surface area contributed by atoms with Gasteiger partial charge in [-0.2, -0.15) is 0 Å². The predicted octanol–water partition coefficient (Wildman–Crippen LogP) is 2.86. The van der Waals surface area contributed by atoms with Gasteiger partial charge in [-0.3, -0.25) is 4.79 Å². The van der Waals surface area contributed by atoms with Crippen molar-refractivity contribution in [2.45, 2.75) is 46.0 Å². The molecule has 66 valence electrons. The Morgan fingerprint density at radius 3 is 2.75 bits per heavy atom. The summed E-state index contributed by atoms with van der Waals surface area (Å²) in [7, 11) is 0. The highest BCUT2D eigenvalue weighted by Gasteiger charge is 2.38. The van der Waals surface area contributed by atoms with Crippen LogP contribution in [0.15, 0.2) is 11.1 Å². The number of fused-ring (bicyclic) bond motifs is 1. The quantitative estimate of drug-likeness (QED) is 0.538. The van der Waals surface area contributed by atoms with E-state index in [4.69, 9.17) is 0 Å². The van der Waals surface area contributed by atoms with Crippen LogP contribution in [0.1, 0.15) is 46.0 Å². The first-order chi connectivity index (χ1) is 5.63. The van der Waals surface area contributed by atoms with Gasteiger partial charge < -0.3 is 0 Å². The van der Waals surface area contributed by atoms with Gasteiger partial charge in [0.1, 0.15) is 0 Å². The van der Waals surface area contributed by atoms with Crippen LogP contribution >= 0.6 is 0 Å². The van der Waals surface area contributed by atoms with Gasteiger partial charge in [-0.25, -0.2) is 0 Å². The summed E-state index contributed by atoms with van der Waals surface area (Å²) >= 11 is 0. The van der Waals surface area contributed by atoms with Gasteiger partial charge in [-0.15, -0.1) is 0 Å². The zero-order valence-electron chi connectivity index (χ0n) is 7.94. The number of allylic oxidation sites excluding steroid dienone is 2. The van der Waals surface area contributed by atoms with Crippen molar-refractivity contribution in [2.75, 3.05) is 0 Å². The lowest BCUT2D eigenvalue weighted by Crippen LogP contribution is -2.23. The van der Waals surface area contributed by atoms with Crippen LogP contribution in [0.25, 0.3) is 0 Å². The minimum atomic E-state index is 0.393. The van der Waals surface area contributed by atoms with Gasteiger partial charge in [0.25, 0.3) is 0 Å². The van der Waals surface area contributed by atoms with Gasteiger partial charge in [0, 0.05) is 6.42 Å². The fraction of sp³-hybridized carbons (Fsp3) is 0.727. The molecule has 0 aromatic heterocycles. The zero-order valence-corrected chi connectivity index (χ0v) is 7.94. The van der Waals surface area contributed by atoms with Crippen LogP contribution in [0, 0.1) is 5.41 Å². The highest BCUT2D eigenvalue weighted by molar-refractivity contribution is 5.96. The Balaban J connectivity index is 2.45. The minimum absolute atomic E-state index is 0.393. The van der Waals surface area contributed by atoms with E-state index < -0.39 is 0 Å². The van der Waals surface area contributed by atoms with E-state index in [0.29, 0.717) is 11.2 Å². The van der Waals surface area contributed by atoms with Crippen LogP contribution in [0.2, 0.25) is 0 Å². The lowest BCUT2D eigenvalue weighted by Gasteiger charge is -2.31. The fourth-order valence-corrected chi connectivity index (χ4v) is 2.77. The molecule has 0 N–H and O–H groups in total. The average molecular weight is 164 g/mol. The summed E-state index contributed by atoms with van der Waals surface area (Å²) in [6.07, 6.45) is 5.64. The number of Topliss-reactive ketones (excluding diaryl/α,β-unsaturated/α-hetero) is 1. The molecule has 0 radical (unpaired) electrons. The number of hydrogen-bond donors (Lipinski definition) is 0. The van der Waals surface area contributed by atoms with Crippen molar-refractivity contribution in [3.05, 3.63) is 11.1 Å². The summed E-state index contributed by atoms with van der Waals surface area (Å²) < 4.78 is 0. The summed E-state index contributed by atoms with van der Waals surface area (Å²) in [5.74, 6) is 0.393. The summed E-state index contributed by atoms with van der Waals surface area (Å²) in [6.45, 7) is 4.34. The molecule has 1 heteroatoms. The largest absolute Gasteiger partial charge is 0.295 e. The van der Waals surface area contributed by atoms with E-state index in [-0.39, 0.29) is 0 Å². The van der Waals surface area contributed by atoms with Crippen LogP contribution in [0.4, 0.5) is 0 Å². The van der Waals surface area contributed by atoms with Gasteiger partial charge in [-0.05, 0) is 43.6 Å². The maximum absolute atomic E-state index is 11.4. The maximum Gasteiger partial charge on any atom is 0.158 e. The predicted molar refractivity (Wildman–Crippen MR) is 48.9 cm³/mol. The van der Waals surface area contributed by atoms with E-state index in [2.05, 4.69) is 6.92 Å². The van der Waals surface area contributed by atoms with Crippen molar-refractivity contribution in [3.8, 4) is 0 Å². The molecule has 0 heterocycles. The van der Waals surface area contributed by atoms with Gasteiger partial charge in [0.2, 0.25) is 0 Å². The van der Waals surface area contributed by atoms with Gasteiger partial charge >= 0.3 is 0 Å².